The predicted molar refractivity (Wildman–Crippen MR) is 112 cm³/mol. The molecule has 2 aliphatic rings. The molecule has 158 valence electrons. The predicted octanol–water partition coefficient (Wildman–Crippen LogP) is 0.706. The third-order valence-corrected chi connectivity index (χ3v) is 5.90. The number of ether oxygens (including phenoxy) is 2. The number of methoxy groups -OCH3 is 1. The average molecular weight is 402 g/mol. The van der Waals surface area contributed by atoms with Gasteiger partial charge in [-0.1, -0.05) is 0 Å². The lowest BCUT2D eigenvalue weighted by Gasteiger charge is -2.41. The number of hydrogen-bond acceptors (Lipinski definition) is 7. The average Bonchev–Trinajstić information content (AvgIpc) is 2.74. The van der Waals surface area contributed by atoms with Crippen LogP contribution in [0.3, 0.4) is 0 Å². The highest BCUT2D eigenvalue weighted by atomic mass is 16.5. The van der Waals surface area contributed by atoms with E-state index in [0.717, 1.165) is 56.8 Å². The van der Waals surface area contributed by atoms with Crippen LogP contribution in [0.25, 0.3) is 10.9 Å². The van der Waals surface area contributed by atoms with Gasteiger partial charge in [0.25, 0.3) is 5.56 Å². The number of hydrogen-bond donors (Lipinski definition) is 1. The fourth-order valence-corrected chi connectivity index (χ4v) is 4.24. The minimum atomic E-state index is -0.712. The highest BCUT2D eigenvalue weighted by molar-refractivity contribution is 5.81. The summed E-state index contributed by atoms with van der Waals surface area (Å²) in [7, 11) is 1.62. The monoisotopic (exact) mass is 402 g/mol. The van der Waals surface area contributed by atoms with E-state index in [4.69, 9.17) is 9.47 Å². The number of fused-ring (bicyclic) bond motifs is 1. The second kappa shape index (κ2) is 8.79. The third-order valence-electron chi connectivity index (χ3n) is 5.90. The molecule has 0 amide bonds. The zero-order chi connectivity index (χ0) is 20.3. The lowest BCUT2D eigenvalue weighted by atomic mass is 9.96. The van der Waals surface area contributed by atoms with Gasteiger partial charge < -0.3 is 19.5 Å². The van der Waals surface area contributed by atoms with Gasteiger partial charge in [0.15, 0.2) is 0 Å². The van der Waals surface area contributed by atoms with Crippen molar-refractivity contribution in [1.82, 2.24) is 14.5 Å². The maximum Gasteiger partial charge on any atom is 0.261 e. The fourth-order valence-electron chi connectivity index (χ4n) is 4.24. The van der Waals surface area contributed by atoms with E-state index < -0.39 is 5.60 Å². The Hall–Kier alpha value is -2.00. The van der Waals surface area contributed by atoms with Crippen molar-refractivity contribution in [2.24, 2.45) is 0 Å². The maximum atomic E-state index is 12.6. The first-order valence-corrected chi connectivity index (χ1v) is 10.3. The number of benzene rings is 1. The molecule has 8 nitrogen and oxygen atoms in total. The smallest absolute Gasteiger partial charge is 0.261 e. The van der Waals surface area contributed by atoms with E-state index >= 15 is 0 Å². The molecule has 1 aromatic carbocycles. The van der Waals surface area contributed by atoms with Crippen LogP contribution in [-0.2, 0) is 16.0 Å². The van der Waals surface area contributed by atoms with Crippen molar-refractivity contribution in [2.45, 2.75) is 25.0 Å². The molecule has 1 unspecified atom stereocenters. The minimum absolute atomic E-state index is 0.0358. The van der Waals surface area contributed by atoms with Gasteiger partial charge in [-0.2, -0.15) is 0 Å². The van der Waals surface area contributed by atoms with Gasteiger partial charge in [0, 0.05) is 52.1 Å². The number of aliphatic hydroxyl groups is 1. The second-order valence-corrected chi connectivity index (χ2v) is 8.08. The lowest BCUT2D eigenvalue weighted by molar-refractivity contribution is -0.100. The van der Waals surface area contributed by atoms with Crippen molar-refractivity contribution in [3.05, 3.63) is 34.9 Å². The number of aromatic nitrogens is 2. The highest BCUT2D eigenvalue weighted by Gasteiger charge is 2.33. The third kappa shape index (κ3) is 4.61. The van der Waals surface area contributed by atoms with Crippen molar-refractivity contribution in [1.29, 1.82) is 0 Å². The molecule has 4 rings (SSSR count). The summed E-state index contributed by atoms with van der Waals surface area (Å²) in [6.07, 6.45) is 3.33. The molecular formula is C21H30N4O4. The summed E-state index contributed by atoms with van der Waals surface area (Å²) in [5.74, 6) is 0. The van der Waals surface area contributed by atoms with E-state index in [9.17, 15) is 9.90 Å². The molecule has 3 heterocycles. The number of β-amino-alcohol motifs (C(OH)–C–C–N with tert-alkyl or cyclic N) is 1. The van der Waals surface area contributed by atoms with Gasteiger partial charge in [-0.25, -0.2) is 4.98 Å². The van der Waals surface area contributed by atoms with E-state index in [1.165, 1.54) is 0 Å². The molecule has 1 atom stereocenters. The Labute approximate surface area is 170 Å². The van der Waals surface area contributed by atoms with Gasteiger partial charge in [0.1, 0.15) is 5.60 Å². The highest BCUT2D eigenvalue weighted by Crippen LogP contribution is 2.23. The molecular weight excluding hydrogens is 372 g/mol. The van der Waals surface area contributed by atoms with Crippen molar-refractivity contribution < 1.29 is 14.6 Å². The molecule has 2 fully saturated rings. The Bertz CT molecular complexity index is 886. The normalized spacial score (nSPS) is 23.6. The van der Waals surface area contributed by atoms with E-state index in [0.29, 0.717) is 31.7 Å². The van der Waals surface area contributed by atoms with Crippen molar-refractivity contribution >= 4 is 16.6 Å². The number of anilines is 1. The minimum Gasteiger partial charge on any atom is -0.386 e. The number of nitrogens with zero attached hydrogens (tertiary/aromatic N) is 4. The van der Waals surface area contributed by atoms with Crippen LogP contribution in [0.15, 0.2) is 29.3 Å². The van der Waals surface area contributed by atoms with E-state index in [2.05, 4.69) is 14.8 Å². The zero-order valence-electron chi connectivity index (χ0n) is 17.0. The SMILES string of the molecule is COCCn1cnc2cc(N3CCN(CC4(O)CCCOC4)CC3)ccc2c1=O. The van der Waals surface area contributed by atoms with Crippen LogP contribution in [0.4, 0.5) is 5.69 Å². The summed E-state index contributed by atoms with van der Waals surface area (Å²) >= 11 is 0. The fraction of sp³-hybridized carbons (Fsp3) is 0.619. The zero-order valence-corrected chi connectivity index (χ0v) is 17.0. The van der Waals surface area contributed by atoms with Crippen LogP contribution in [0.5, 0.6) is 0 Å². The first kappa shape index (κ1) is 20.3. The molecule has 0 spiro atoms. The van der Waals surface area contributed by atoms with Gasteiger partial charge >= 0.3 is 0 Å². The largest absolute Gasteiger partial charge is 0.386 e. The van der Waals surface area contributed by atoms with E-state index in [1.54, 1.807) is 18.0 Å². The Kier molecular flexibility index (Phi) is 6.15. The van der Waals surface area contributed by atoms with Crippen LogP contribution < -0.4 is 10.5 Å². The van der Waals surface area contributed by atoms with Crippen molar-refractivity contribution in [3.63, 3.8) is 0 Å². The summed E-state index contributed by atoms with van der Waals surface area (Å²) in [6.45, 7) is 6.39. The summed E-state index contributed by atoms with van der Waals surface area (Å²) in [5, 5.41) is 11.3. The van der Waals surface area contributed by atoms with E-state index in [1.807, 2.05) is 18.2 Å². The Morgan fingerprint density at radius 1 is 1.28 bits per heavy atom. The molecule has 2 aromatic rings. The maximum absolute atomic E-state index is 12.6. The first-order chi connectivity index (χ1) is 14.1. The van der Waals surface area contributed by atoms with Crippen LogP contribution >= 0.6 is 0 Å². The van der Waals surface area contributed by atoms with E-state index in [-0.39, 0.29) is 5.56 Å². The molecule has 1 aromatic heterocycles. The topological polar surface area (TPSA) is 80.1 Å². The summed E-state index contributed by atoms with van der Waals surface area (Å²) < 4.78 is 12.1. The van der Waals surface area contributed by atoms with Crippen LogP contribution in [0, 0.1) is 0 Å². The van der Waals surface area contributed by atoms with Gasteiger partial charge in [-0.05, 0) is 31.0 Å². The van der Waals surface area contributed by atoms with Gasteiger partial charge in [-0.15, -0.1) is 0 Å². The van der Waals surface area contributed by atoms with Gasteiger partial charge in [0.05, 0.1) is 37.0 Å². The molecule has 0 saturated carbocycles. The summed E-state index contributed by atoms with van der Waals surface area (Å²) in [6, 6.07) is 5.87. The molecule has 2 saturated heterocycles. The quantitative estimate of drug-likeness (QED) is 0.762. The number of rotatable bonds is 6. The Morgan fingerprint density at radius 3 is 2.83 bits per heavy atom. The molecule has 0 aliphatic carbocycles. The Balaban J connectivity index is 1.41. The molecule has 1 N–H and O–H groups in total. The molecule has 29 heavy (non-hydrogen) atoms. The van der Waals surface area contributed by atoms with Gasteiger partial charge in [0.2, 0.25) is 0 Å². The first-order valence-electron chi connectivity index (χ1n) is 10.3. The van der Waals surface area contributed by atoms with Gasteiger partial charge in [-0.3, -0.25) is 14.3 Å². The van der Waals surface area contributed by atoms with Crippen molar-refractivity contribution in [3.8, 4) is 0 Å². The molecule has 0 bridgehead atoms. The standard InChI is InChI=1S/C21H30N4O4/c1-28-12-10-25-16-22-19-13-17(3-4-18(19)20(25)26)24-8-6-23(7-9-24)14-21(27)5-2-11-29-15-21/h3-4,13,16,27H,2,5-12,14-15H2,1H3. The van der Waals surface area contributed by atoms with Crippen LogP contribution in [0.1, 0.15) is 12.8 Å². The van der Waals surface area contributed by atoms with Crippen molar-refractivity contribution in [2.75, 3.05) is 64.6 Å². The summed E-state index contributed by atoms with van der Waals surface area (Å²) in [5.41, 5.74) is 1.05. The molecule has 0 radical (unpaired) electrons. The second-order valence-electron chi connectivity index (χ2n) is 8.08. The van der Waals surface area contributed by atoms with Crippen LogP contribution in [-0.4, -0.2) is 84.8 Å². The molecule has 8 heteroatoms. The Morgan fingerprint density at radius 2 is 2.10 bits per heavy atom. The van der Waals surface area contributed by atoms with Crippen LogP contribution in [0.2, 0.25) is 0 Å². The summed E-state index contributed by atoms with van der Waals surface area (Å²) in [4.78, 5) is 21.7. The number of piperazine rings is 1. The molecule has 2 aliphatic heterocycles. The lowest BCUT2D eigenvalue weighted by Crippen LogP contribution is -2.54.